The summed E-state index contributed by atoms with van der Waals surface area (Å²) in [6.07, 6.45) is -1.72. The fourth-order valence-corrected chi connectivity index (χ4v) is 5.44. The highest BCUT2D eigenvalue weighted by Crippen LogP contribution is 2.50. The number of ketones is 1. The topological polar surface area (TPSA) is 80.2 Å². The fraction of sp³-hybridized carbons (Fsp3) is 0.524. The number of nitrogens with zero attached hydrogens (tertiary/aromatic N) is 3. The minimum Gasteiger partial charge on any atom is -0.379 e. The van der Waals surface area contributed by atoms with E-state index in [1.165, 1.54) is 23.9 Å². The molecule has 2 heterocycles. The average molecular weight is 454 g/mol. The molecule has 166 valence electrons. The predicted molar refractivity (Wildman–Crippen MR) is 114 cm³/mol. The van der Waals surface area contributed by atoms with Gasteiger partial charge >= 0.3 is 0 Å². The van der Waals surface area contributed by atoms with Gasteiger partial charge in [-0.3, -0.25) is 19.8 Å². The van der Waals surface area contributed by atoms with Gasteiger partial charge in [0.05, 0.1) is 18.3 Å². The fourth-order valence-electron chi connectivity index (χ4n) is 4.43. The van der Waals surface area contributed by atoms with E-state index in [9.17, 15) is 22.4 Å². The Morgan fingerprint density at radius 2 is 2.16 bits per heavy atom. The van der Waals surface area contributed by atoms with Gasteiger partial charge in [-0.05, 0) is 37.0 Å². The average Bonchev–Trinajstić information content (AvgIpc) is 2.75. The summed E-state index contributed by atoms with van der Waals surface area (Å²) in [4.78, 5) is 24.8. The molecule has 1 saturated carbocycles. The number of halogens is 4. The summed E-state index contributed by atoms with van der Waals surface area (Å²) in [5.41, 5.74) is 5.88. The van der Waals surface area contributed by atoms with Crippen LogP contribution in [-0.2, 0) is 16.8 Å². The number of alkyl halides is 3. The molecule has 4 atom stereocenters. The normalized spacial score (nSPS) is 30.5. The zero-order valence-electron chi connectivity index (χ0n) is 16.6. The Balaban J connectivity index is 1.60. The summed E-state index contributed by atoms with van der Waals surface area (Å²) in [5.74, 6) is -0.511. The van der Waals surface area contributed by atoms with E-state index < -0.39 is 35.8 Å². The lowest BCUT2D eigenvalue weighted by atomic mass is 9.68. The van der Waals surface area contributed by atoms with Crippen molar-refractivity contribution >= 4 is 34.6 Å². The third-order valence-electron chi connectivity index (χ3n) is 6.07. The molecule has 0 aromatic heterocycles. The minimum absolute atomic E-state index is 0.0214. The molecule has 3 aliphatic rings. The first-order chi connectivity index (χ1) is 14.8. The van der Waals surface area contributed by atoms with Crippen LogP contribution in [0.5, 0.6) is 0 Å². The molecular weight excluding hydrogens is 432 g/mol. The van der Waals surface area contributed by atoms with Crippen LogP contribution in [0.25, 0.3) is 0 Å². The van der Waals surface area contributed by atoms with Gasteiger partial charge in [0, 0.05) is 23.7 Å². The van der Waals surface area contributed by atoms with Gasteiger partial charge in [0.25, 0.3) is 6.43 Å². The highest BCUT2D eigenvalue weighted by atomic mass is 32.2. The van der Waals surface area contributed by atoms with Gasteiger partial charge in [-0.1, -0.05) is 17.8 Å². The second kappa shape index (κ2) is 8.72. The van der Waals surface area contributed by atoms with Gasteiger partial charge < -0.3 is 5.73 Å². The minimum atomic E-state index is -2.63. The summed E-state index contributed by atoms with van der Waals surface area (Å²) in [7, 11) is 0. The second-order valence-electron chi connectivity index (χ2n) is 8.07. The number of fused-ring (bicyclic) bond motifs is 1. The molecule has 4 rings (SSSR count). The van der Waals surface area contributed by atoms with Crippen molar-refractivity contribution in [2.75, 3.05) is 12.3 Å². The number of thioether (sulfide) groups is 1. The van der Waals surface area contributed by atoms with Crippen LogP contribution in [0.1, 0.15) is 30.4 Å². The molecule has 31 heavy (non-hydrogen) atoms. The summed E-state index contributed by atoms with van der Waals surface area (Å²) >= 11 is 1.34. The smallest absolute Gasteiger partial charge is 0.262 e. The molecule has 2 aliphatic heterocycles. The summed E-state index contributed by atoms with van der Waals surface area (Å²) in [5, 5.41) is 0.343. The second-order valence-corrected chi connectivity index (χ2v) is 9.11. The van der Waals surface area contributed by atoms with Gasteiger partial charge in [0.2, 0.25) is 0 Å². The number of rotatable bonds is 5. The van der Waals surface area contributed by atoms with Crippen molar-refractivity contribution < 1.29 is 22.4 Å². The molecule has 1 aromatic carbocycles. The van der Waals surface area contributed by atoms with E-state index >= 15 is 0 Å². The maximum absolute atomic E-state index is 14.9. The Morgan fingerprint density at radius 1 is 1.35 bits per heavy atom. The van der Waals surface area contributed by atoms with E-state index in [1.807, 2.05) is 0 Å². The molecule has 0 bridgehead atoms. The van der Waals surface area contributed by atoms with Crippen molar-refractivity contribution in [1.29, 1.82) is 0 Å². The predicted octanol–water partition coefficient (Wildman–Crippen LogP) is 3.49. The highest BCUT2D eigenvalue weighted by Gasteiger charge is 2.48. The van der Waals surface area contributed by atoms with Crippen LogP contribution in [0.3, 0.4) is 0 Å². The molecule has 1 aromatic rings. The van der Waals surface area contributed by atoms with Gasteiger partial charge in [-0.15, -0.1) is 0 Å². The number of Topliss-reactive ketones (excluding diaryl/α,β-unsaturated/α-hetero) is 1. The number of carbonyl (C=O) groups is 1. The van der Waals surface area contributed by atoms with Crippen LogP contribution in [-0.4, -0.2) is 53.8 Å². The van der Waals surface area contributed by atoms with Crippen molar-refractivity contribution in [3.63, 3.8) is 0 Å². The molecule has 5 nitrogen and oxygen atoms in total. The quantitative estimate of drug-likeness (QED) is 0.692. The Morgan fingerprint density at radius 3 is 2.87 bits per heavy atom. The van der Waals surface area contributed by atoms with Crippen LogP contribution in [0.15, 0.2) is 33.2 Å². The van der Waals surface area contributed by atoms with E-state index in [0.717, 1.165) is 6.21 Å². The van der Waals surface area contributed by atoms with Gasteiger partial charge in [0.1, 0.15) is 23.7 Å². The molecule has 2 N–H and O–H groups in total. The SMILES string of the molecule is NC1=N[C@@]2(c3cc(CC(=O)C4=NCC(C(F)F)N=C4)ccc3F)CC[C@@H](F)C[C@H]2CS1. The number of amidine groups is 1. The molecule has 1 unspecified atom stereocenters. The first kappa shape index (κ1) is 22.0. The summed E-state index contributed by atoms with van der Waals surface area (Å²) in [6.45, 7) is -0.245. The molecule has 1 fully saturated rings. The largest absolute Gasteiger partial charge is 0.379 e. The van der Waals surface area contributed by atoms with Crippen molar-refractivity contribution in [3.05, 3.63) is 35.1 Å². The highest BCUT2D eigenvalue weighted by molar-refractivity contribution is 8.13. The summed E-state index contributed by atoms with van der Waals surface area (Å²) in [6, 6.07) is 3.13. The zero-order chi connectivity index (χ0) is 22.2. The first-order valence-corrected chi connectivity index (χ1v) is 11.1. The number of benzene rings is 1. The molecule has 10 heteroatoms. The van der Waals surface area contributed by atoms with Crippen molar-refractivity contribution in [2.24, 2.45) is 26.6 Å². The lowest BCUT2D eigenvalue weighted by molar-refractivity contribution is -0.112. The van der Waals surface area contributed by atoms with E-state index in [2.05, 4.69) is 15.0 Å². The Kier molecular flexibility index (Phi) is 6.18. The molecule has 0 spiro atoms. The Hall–Kier alpha value is -2.23. The lowest BCUT2D eigenvalue weighted by Gasteiger charge is -2.45. The molecule has 1 aliphatic carbocycles. The molecule has 0 saturated heterocycles. The molecule has 0 radical (unpaired) electrons. The number of carbonyl (C=O) groups excluding carboxylic acids is 1. The van der Waals surface area contributed by atoms with Crippen LogP contribution >= 0.6 is 11.8 Å². The third kappa shape index (κ3) is 4.40. The third-order valence-corrected chi connectivity index (χ3v) is 7.03. The van der Waals surface area contributed by atoms with Crippen molar-refractivity contribution in [2.45, 2.75) is 49.9 Å². The zero-order valence-corrected chi connectivity index (χ0v) is 17.4. The van der Waals surface area contributed by atoms with Crippen LogP contribution in [0.4, 0.5) is 17.6 Å². The van der Waals surface area contributed by atoms with Gasteiger partial charge in [-0.2, -0.15) is 0 Å². The first-order valence-electron chi connectivity index (χ1n) is 10.1. The van der Waals surface area contributed by atoms with Gasteiger partial charge in [-0.25, -0.2) is 17.6 Å². The van der Waals surface area contributed by atoms with Crippen LogP contribution in [0, 0.1) is 11.7 Å². The van der Waals surface area contributed by atoms with Crippen LogP contribution < -0.4 is 5.73 Å². The summed E-state index contributed by atoms with van der Waals surface area (Å²) < 4.78 is 54.4. The number of nitrogens with two attached hydrogens (primary N) is 1. The van der Waals surface area contributed by atoms with Gasteiger partial charge in [0.15, 0.2) is 11.0 Å². The van der Waals surface area contributed by atoms with E-state index in [0.29, 0.717) is 28.5 Å². The van der Waals surface area contributed by atoms with Crippen molar-refractivity contribution in [1.82, 2.24) is 0 Å². The maximum atomic E-state index is 14.9. The number of hydrogen-bond donors (Lipinski definition) is 1. The molecule has 0 amide bonds. The maximum Gasteiger partial charge on any atom is 0.262 e. The Labute approximate surface area is 181 Å². The Bertz CT molecular complexity index is 967. The van der Waals surface area contributed by atoms with Crippen LogP contribution in [0.2, 0.25) is 0 Å². The number of hydrogen-bond acceptors (Lipinski definition) is 6. The monoisotopic (exact) mass is 454 g/mol. The van der Waals surface area contributed by atoms with E-state index in [-0.39, 0.29) is 37.4 Å². The number of aliphatic imine (C=N–C) groups is 3. The standard InChI is InChI=1S/C21H22F4N4OS/c22-13-3-4-21(12(7-13)10-31-20(26)29-21)14-5-11(1-2-15(14)23)6-18(30)16-8-28-17(9-27-16)19(24)25/h1-2,5,8,12-13,17,19H,3-4,6-7,9-10H2,(H2,26,29)/t12-,13+,17?,21-/m0/s1. The molecular formula is C21H22F4N4OS. The van der Waals surface area contributed by atoms with Crippen molar-refractivity contribution in [3.8, 4) is 0 Å². The lowest BCUT2D eigenvalue weighted by Crippen LogP contribution is -2.45. The van der Waals surface area contributed by atoms with E-state index in [1.54, 1.807) is 6.07 Å². The van der Waals surface area contributed by atoms with E-state index in [4.69, 9.17) is 5.73 Å².